The molecule has 3 aromatic carbocycles. The minimum atomic E-state index is -0.460. The van der Waals surface area contributed by atoms with Crippen molar-refractivity contribution < 1.29 is 14.3 Å². The molecule has 1 fully saturated rings. The lowest BCUT2D eigenvalue weighted by Gasteiger charge is -2.13. The maximum Gasteiger partial charge on any atom is 0.282 e. The first-order chi connectivity index (χ1) is 14.7. The Labute approximate surface area is 173 Å². The normalized spacial score (nSPS) is 14.5. The van der Waals surface area contributed by atoms with Crippen molar-refractivity contribution in [1.82, 2.24) is 5.43 Å². The van der Waals surface area contributed by atoms with Crippen molar-refractivity contribution in [2.45, 2.75) is 6.61 Å². The molecule has 30 heavy (non-hydrogen) atoms. The van der Waals surface area contributed by atoms with Gasteiger partial charge in [0.05, 0.1) is 17.3 Å². The Morgan fingerprint density at radius 3 is 2.53 bits per heavy atom. The fourth-order valence-corrected chi connectivity index (χ4v) is 3.09. The van der Waals surface area contributed by atoms with Crippen molar-refractivity contribution in [2.24, 2.45) is 0 Å². The van der Waals surface area contributed by atoms with Gasteiger partial charge in [-0.15, -0.1) is 0 Å². The number of hydrogen-bond donors (Lipinski definition) is 1. The first-order valence-electron chi connectivity index (χ1n) is 9.29. The standard InChI is InChI=1S/C24H17N3O3/c25-15-18-8-4-5-9-19(18)16-30-21-12-6-7-17(13-21)14-22-23(28)26-27(24(22)29)20-10-2-1-3-11-20/h1-14H,16H2,(H,26,28). The van der Waals surface area contributed by atoms with Gasteiger partial charge in [0, 0.05) is 5.56 Å². The Morgan fingerprint density at radius 2 is 1.73 bits per heavy atom. The van der Waals surface area contributed by atoms with Gasteiger partial charge in [0.2, 0.25) is 0 Å². The van der Waals surface area contributed by atoms with Crippen molar-refractivity contribution in [3.63, 3.8) is 0 Å². The summed E-state index contributed by atoms with van der Waals surface area (Å²) in [6.07, 6.45) is 1.54. The predicted molar refractivity (Wildman–Crippen MR) is 112 cm³/mol. The molecule has 0 aromatic heterocycles. The molecule has 146 valence electrons. The number of carbonyl (C=O) groups is 2. The number of benzene rings is 3. The zero-order chi connectivity index (χ0) is 20.9. The van der Waals surface area contributed by atoms with Crippen LogP contribution >= 0.6 is 0 Å². The predicted octanol–water partition coefficient (Wildman–Crippen LogP) is 3.60. The minimum Gasteiger partial charge on any atom is -0.489 e. The van der Waals surface area contributed by atoms with Gasteiger partial charge in [0.1, 0.15) is 17.9 Å². The van der Waals surface area contributed by atoms with E-state index in [4.69, 9.17) is 4.74 Å². The van der Waals surface area contributed by atoms with Gasteiger partial charge >= 0.3 is 0 Å². The summed E-state index contributed by atoms with van der Waals surface area (Å²) < 4.78 is 5.81. The SMILES string of the molecule is N#Cc1ccccc1COc1cccc(C=C2C(=O)NN(c3ccccc3)C2=O)c1. The van der Waals surface area contributed by atoms with E-state index < -0.39 is 11.8 Å². The molecule has 1 aliphatic rings. The lowest BCUT2D eigenvalue weighted by atomic mass is 10.1. The van der Waals surface area contributed by atoms with E-state index in [9.17, 15) is 14.9 Å². The third-order valence-corrected chi connectivity index (χ3v) is 4.61. The number of ether oxygens (including phenoxy) is 1. The first-order valence-corrected chi connectivity index (χ1v) is 9.29. The topological polar surface area (TPSA) is 82.4 Å². The molecule has 6 heteroatoms. The van der Waals surface area contributed by atoms with Crippen LogP contribution in [0.2, 0.25) is 0 Å². The zero-order valence-corrected chi connectivity index (χ0v) is 15.9. The number of amides is 2. The molecular formula is C24H17N3O3. The average molecular weight is 395 g/mol. The van der Waals surface area contributed by atoms with Crippen LogP contribution in [0.25, 0.3) is 6.08 Å². The summed E-state index contributed by atoms with van der Waals surface area (Å²) in [5, 5.41) is 10.4. The van der Waals surface area contributed by atoms with Gasteiger partial charge in [-0.1, -0.05) is 48.5 Å². The van der Waals surface area contributed by atoms with Crippen LogP contribution in [0.15, 0.2) is 84.4 Å². The maximum atomic E-state index is 12.7. The summed E-state index contributed by atoms with van der Waals surface area (Å²) in [6.45, 7) is 0.241. The Hall–Kier alpha value is -4.37. The fraction of sp³-hybridized carbons (Fsp3) is 0.0417. The van der Waals surface area contributed by atoms with Gasteiger partial charge in [-0.2, -0.15) is 5.26 Å². The van der Waals surface area contributed by atoms with Gasteiger partial charge in [-0.25, -0.2) is 5.01 Å². The van der Waals surface area contributed by atoms with Gasteiger partial charge in [0.25, 0.3) is 11.8 Å². The Balaban J connectivity index is 1.52. The second-order valence-corrected chi connectivity index (χ2v) is 6.61. The molecule has 1 heterocycles. The maximum absolute atomic E-state index is 12.7. The van der Waals surface area contributed by atoms with Gasteiger partial charge in [0.15, 0.2) is 0 Å². The molecule has 0 atom stereocenters. The summed E-state index contributed by atoms with van der Waals surface area (Å²) >= 11 is 0. The van der Waals surface area contributed by atoms with Crippen LogP contribution < -0.4 is 15.2 Å². The van der Waals surface area contributed by atoms with E-state index in [2.05, 4.69) is 11.5 Å². The molecule has 2 amide bonds. The lowest BCUT2D eigenvalue weighted by molar-refractivity contribution is -0.117. The highest BCUT2D eigenvalue weighted by molar-refractivity contribution is 6.31. The minimum absolute atomic E-state index is 0.0471. The van der Waals surface area contributed by atoms with Crippen LogP contribution in [0.4, 0.5) is 5.69 Å². The molecule has 0 radical (unpaired) electrons. The fourth-order valence-electron chi connectivity index (χ4n) is 3.09. The number of para-hydroxylation sites is 1. The summed E-state index contributed by atoms with van der Waals surface area (Å²) in [4.78, 5) is 25.0. The molecular weight excluding hydrogens is 378 g/mol. The van der Waals surface area contributed by atoms with E-state index in [0.29, 0.717) is 22.6 Å². The number of nitrogens with one attached hydrogen (secondary N) is 1. The summed E-state index contributed by atoms with van der Waals surface area (Å²) in [5.74, 6) is -0.304. The Morgan fingerprint density at radius 1 is 0.967 bits per heavy atom. The molecule has 0 bridgehead atoms. The van der Waals surface area contributed by atoms with Crippen LogP contribution in [0.5, 0.6) is 5.75 Å². The molecule has 0 aliphatic carbocycles. The number of carbonyl (C=O) groups excluding carboxylic acids is 2. The molecule has 6 nitrogen and oxygen atoms in total. The van der Waals surface area contributed by atoms with Crippen molar-refractivity contribution >= 4 is 23.6 Å². The van der Waals surface area contributed by atoms with Gasteiger partial charge in [-0.3, -0.25) is 15.0 Å². The zero-order valence-electron chi connectivity index (χ0n) is 15.9. The highest BCUT2D eigenvalue weighted by Gasteiger charge is 2.34. The van der Waals surface area contributed by atoms with E-state index in [-0.39, 0.29) is 12.2 Å². The smallest absolute Gasteiger partial charge is 0.282 e. The molecule has 1 N–H and O–H groups in total. The number of nitriles is 1. The highest BCUT2D eigenvalue weighted by Crippen LogP contribution is 2.23. The van der Waals surface area contributed by atoms with Crippen molar-refractivity contribution in [2.75, 3.05) is 5.01 Å². The molecule has 4 rings (SSSR count). The molecule has 1 aliphatic heterocycles. The summed E-state index contributed by atoms with van der Waals surface area (Å²) in [6, 6.07) is 25.4. The highest BCUT2D eigenvalue weighted by atomic mass is 16.5. The summed E-state index contributed by atoms with van der Waals surface area (Å²) in [7, 11) is 0. The second kappa shape index (κ2) is 8.33. The van der Waals surface area contributed by atoms with E-state index in [1.165, 1.54) is 11.1 Å². The average Bonchev–Trinajstić information content (AvgIpc) is 3.07. The molecule has 3 aromatic rings. The number of rotatable bonds is 5. The van der Waals surface area contributed by atoms with E-state index >= 15 is 0 Å². The van der Waals surface area contributed by atoms with Crippen LogP contribution in [0, 0.1) is 11.3 Å². The second-order valence-electron chi connectivity index (χ2n) is 6.61. The van der Waals surface area contributed by atoms with Gasteiger partial charge < -0.3 is 4.74 Å². The number of hydrogen-bond acceptors (Lipinski definition) is 4. The van der Waals surface area contributed by atoms with Crippen LogP contribution in [0.3, 0.4) is 0 Å². The van der Waals surface area contributed by atoms with E-state index in [1.54, 1.807) is 60.7 Å². The third kappa shape index (κ3) is 3.91. The number of hydrazine groups is 1. The molecule has 0 spiro atoms. The van der Waals surface area contributed by atoms with Crippen molar-refractivity contribution in [1.29, 1.82) is 5.26 Å². The van der Waals surface area contributed by atoms with Crippen molar-refractivity contribution in [3.05, 3.63) is 101 Å². The quantitative estimate of drug-likeness (QED) is 0.529. The Bertz CT molecular complexity index is 1180. The molecule has 0 unspecified atom stereocenters. The van der Waals surface area contributed by atoms with E-state index in [0.717, 1.165) is 5.56 Å². The van der Waals surface area contributed by atoms with E-state index in [1.807, 2.05) is 18.2 Å². The van der Waals surface area contributed by atoms with Crippen LogP contribution in [-0.2, 0) is 16.2 Å². The first kappa shape index (κ1) is 19.0. The monoisotopic (exact) mass is 395 g/mol. The number of anilines is 1. The summed E-state index contributed by atoms with van der Waals surface area (Å²) in [5.41, 5.74) is 5.22. The largest absolute Gasteiger partial charge is 0.489 e. The Kier molecular flexibility index (Phi) is 5.27. The van der Waals surface area contributed by atoms with Crippen molar-refractivity contribution in [3.8, 4) is 11.8 Å². The number of nitrogens with zero attached hydrogens (tertiary/aromatic N) is 2. The van der Waals surface area contributed by atoms with Crippen LogP contribution in [-0.4, -0.2) is 11.8 Å². The molecule has 0 saturated carbocycles. The lowest BCUT2D eigenvalue weighted by Crippen LogP contribution is -2.35. The van der Waals surface area contributed by atoms with Crippen LogP contribution in [0.1, 0.15) is 16.7 Å². The third-order valence-electron chi connectivity index (χ3n) is 4.61. The van der Waals surface area contributed by atoms with Gasteiger partial charge in [-0.05, 0) is 42.0 Å². The molecule has 1 saturated heterocycles.